The number of halogens is 3. The summed E-state index contributed by atoms with van der Waals surface area (Å²) < 4.78 is 49.4. The van der Waals surface area contributed by atoms with Gasteiger partial charge in [0.1, 0.15) is 11.6 Å². The molecule has 1 fully saturated rings. The van der Waals surface area contributed by atoms with Gasteiger partial charge in [-0.2, -0.15) is 0 Å². The Bertz CT molecular complexity index is 1050. The molecule has 4 rings (SSSR count). The van der Waals surface area contributed by atoms with Crippen molar-refractivity contribution in [2.75, 3.05) is 6.61 Å². The average molecular weight is 453 g/mol. The lowest BCUT2D eigenvalue weighted by Gasteiger charge is -2.30. The highest BCUT2D eigenvalue weighted by atomic mass is 19.1. The standard InChI is InChI=1S/C29H31F3O/c1-3-33-28-14-13-23(16-25(28)30)29-26(31)17-24(18-27(29)32)22-11-9-20(10-12-22)15-19(2)21-7-5-4-6-8-21/h4-8,13-14,16-20,22H,3,9-12,15H2,1-2H3/t19-,20?,22?/m1/s1. The van der Waals surface area contributed by atoms with Crippen LogP contribution in [0.4, 0.5) is 13.2 Å². The van der Waals surface area contributed by atoms with E-state index in [1.807, 2.05) is 6.07 Å². The van der Waals surface area contributed by atoms with Gasteiger partial charge in [0, 0.05) is 0 Å². The summed E-state index contributed by atoms with van der Waals surface area (Å²) in [5, 5.41) is 0. The molecule has 1 atom stereocenters. The molecular formula is C29H31F3O. The molecule has 1 saturated carbocycles. The van der Waals surface area contributed by atoms with Crippen LogP contribution in [0.5, 0.6) is 5.75 Å². The van der Waals surface area contributed by atoms with E-state index in [0.717, 1.165) is 38.2 Å². The zero-order chi connectivity index (χ0) is 23.4. The molecule has 0 amide bonds. The van der Waals surface area contributed by atoms with Gasteiger partial charge >= 0.3 is 0 Å². The van der Waals surface area contributed by atoms with Crippen LogP contribution < -0.4 is 4.74 Å². The highest BCUT2D eigenvalue weighted by molar-refractivity contribution is 5.66. The molecule has 0 aliphatic heterocycles. The minimum Gasteiger partial charge on any atom is -0.491 e. The highest BCUT2D eigenvalue weighted by Crippen LogP contribution is 2.41. The lowest BCUT2D eigenvalue weighted by Crippen LogP contribution is -2.15. The summed E-state index contributed by atoms with van der Waals surface area (Å²) in [6, 6.07) is 17.5. The summed E-state index contributed by atoms with van der Waals surface area (Å²) in [5.74, 6) is -0.531. The van der Waals surface area contributed by atoms with E-state index in [9.17, 15) is 13.2 Å². The van der Waals surface area contributed by atoms with Crippen LogP contribution in [0.2, 0.25) is 0 Å². The largest absolute Gasteiger partial charge is 0.491 e. The summed E-state index contributed by atoms with van der Waals surface area (Å²) in [7, 11) is 0. The van der Waals surface area contributed by atoms with Crippen molar-refractivity contribution in [3.8, 4) is 16.9 Å². The fraction of sp³-hybridized carbons (Fsp3) is 0.379. The molecule has 174 valence electrons. The monoisotopic (exact) mass is 452 g/mol. The van der Waals surface area contributed by atoms with Crippen molar-refractivity contribution in [3.63, 3.8) is 0 Å². The molecule has 0 spiro atoms. The van der Waals surface area contributed by atoms with Gasteiger partial charge in [0.15, 0.2) is 11.6 Å². The summed E-state index contributed by atoms with van der Waals surface area (Å²) in [6.07, 6.45) is 5.14. The molecule has 0 heterocycles. The van der Waals surface area contributed by atoms with Crippen LogP contribution in [0.15, 0.2) is 60.7 Å². The van der Waals surface area contributed by atoms with Crippen LogP contribution in [0.3, 0.4) is 0 Å². The molecule has 0 aromatic heterocycles. The third kappa shape index (κ3) is 5.43. The van der Waals surface area contributed by atoms with E-state index in [1.165, 1.54) is 29.8 Å². The number of rotatable bonds is 7. The minimum atomic E-state index is -0.645. The Labute approximate surface area is 194 Å². The molecule has 0 radical (unpaired) electrons. The van der Waals surface area contributed by atoms with Crippen molar-refractivity contribution in [1.82, 2.24) is 0 Å². The van der Waals surface area contributed by atoms with E-state index < -0.39 is 17.5 Å². The zero-order valence-corrected chi connectivity index (χ0v) is 19.3. The van der Waals surface area contributed by atoms with Crippen molar-refractivity contribution in [1.29, 1.82) is 0 Å². The maximum Gasteiger partial charge on any atom is 0.165 e. The van der Waals surface area contributed by atoms with E-state index >= 15 is 0 Å². The molecule has 3 aromatic rings. The first-order valence-corrected chi connectivity index (χ1v) is 11.9. The van der Waals surface area contributed by atoms with Crippen LogP contribution in [-0.4, -0.2) is 6.61 Å². The normalized spacial score (nSPS) is 19.3. The van der Waals surface area contributed by atoms with Gasteiger partial charge in [-0.15, -0.1) is 0 Å². The van der Waals surface area contributed by atoms with E-state index in [0.29, 0.717) is 24.0 Å². The molecule has 1 aliphatic carbocycles. The Kier molecular flexibility index (Phi) is 7.42. The van der Waals surface area contributed by atoms with Gasteiger partial charge in [-0.05, 0) is 97.7 Å². The van der Waals surface area contributed by atoms with Gasteiger partial charge in [-0.3, -0.25) is 0 Å². The second-order valence-corrected chi connectivity index (χ2v) is 9.20. The lowest BCUT2D eigenvalue weighted by molar-refractivity contribution is 0.296. The molecule has 0 unspecified atom stereocenters. The van der Waals surface area contributed by atoms with Crippen LogP contribution in [0.1, 0.15) is 68.9 Å². The smallest absolute Gasteiger partial charge is 0.165 e. The van der Waals surface area contributed by atoms with Gasteiger partial charge in [0.05, 0.1) is 12.2 Å². The van der Waals surface area contributed by atoms with Crippen LogP contribution >= 0.6 is 0 Å². The second kappa shape index (κ2) is 10.5. The van der Waals surface area contributed by atoms with Crippen molar-refractivity contribution < 1.29 is 17.9 Å². The SMILES string of the molecule is CCOc1ccc(-c2c(F)cc(C3CCC(C[C@@H](C)c4ccccc4)CC3)cc2F)cc1F. The van der Waals surface area contributed by atoms with Crippen LogP contribution in [-0.2, 0) is 0 Å². The van der Waals surface area contributed by atoms with E-state index in [1.54, 1.807) is 6.92 Å². The number of benzene rings is 3. The first-order valence-electron chi connectivity index (χ1n) is 11.9. The Morgan fingerprint density at radius 3 is 2.12 bits per heavy atom. The molecule has 0 bridgehead atoms. The lowest BCUT2D eigenvalue weighted by atomic mass is 9.75. The third-order valence-electron chi connectivity index (χ3n) is 6.96. The van der Waals surface area contributed by atoms with Gasteiger partial charge in [-0.1, -0.05) is 43.3 Å². The van der Waals surface area contributed by atoms with Crippen molar-refractivity contribution in [2.24, 2.45) is 5.92 Å². The summed E-state index contributed by atoms with van der Waals surface area (Å²) in [6.45, 7) is 4.35. The second-order valence-electron chi connectivity index (χ2n) is 9.20. The van der Waals surface area contributed by atoms with Crippen LogP contribution in [0, 0.1) is 23.4 Å². The molecule has 1 aliphatic rings. The molecule has 1 nitrogen and oxygen atoms in total. The maximum absolute atomic E-state index is 15.0. The third-order valence-corrected chi connectivity index (χ3v) is 6.96. The molecule has 0 N–H and O–H groups in total. The number of hydrogen-bond donors (Lipinski definition) is 0. The minimum absolute atomic E-state index is 0.0806. The maximum atomic E-state index is 15.0. The summed E-state index contributed by atoms with van der Waals surface area (Å²) in [4.78, 5) is 0. The predicted molar refractivity (Wildman–Crippen MR) is 127 cm³/mol. The summed E-state index contributed by atoms with van der Waals surface area (Å²) in [5.41, 5.74) is 2.06. The fourth-order valence-electron chi connectivity index (χ4n) is 5.18. The molecule has 33 heavy (non-hydrogen) atoms. The first kappa shape index (κ1) is 23.4. The highest BCUT2D eigenvalue weighted by Gasteiger charge is 2.26. The average Bonchev–Trinajstić information content (AvgIpc) is 2.81. The van der Waals surface area contributed by atoms with Gasteiger partial charge in [-0.25, -0.2) is 13.2 Å². The Morgan fingerprint density at radius 2 is 1.52 bits per heavy atom. The number of hydrogen-bond acceptors (Lipinski definition) is 1. The molecule has 3 aromatic carbocycles. The zero-order valence-electron chi connectivity index (χ0n) is 19.3. The fourth-order valence-corrected chi connectivity index (χ4v) is 5.18. The molecule has 0 saturated heterocycles. The van der Waals surface area contributed by atoms with Crippen molar-refractivity contribution >= 4 is 0 Å². The van der Waals surface area contributed by atoms with Gasteiger partial charge in [0.25, 0.3) is 0 Å². The van der Waals surface area contributed by atoms with E-state index in [2.05, 4.69) is 31.2 Å². The predicted octanol–water partition coefficient (Wildman–Crippen LogP) is 8.64. The van der Waals surface area contributed by atoms with Crippen LogP contribution in [0.25, 0.3) is 11.1 Å². The molecule has 4 heteroatoms. The van der Waals surface area contributed by atoms with E-state index in [4.69, 9.17) is 4.74 Å². The first-order chi connectivity index (χ1) is 16.0. The van der Waals surface area contributed by atoms with Gasteiger partial charge < -0.3 is 4.74 Å². The van der Waals surface area contributed by atoms with Gasteiger partial charge in [0.2, 0.25) is 0 Å². The van der Waals surface area contributed by atoms with Crippen molar-refractivity contribution in [2.45, 2.75) is 57.8 Å². The van der Waals surface area contributed by atoms with Crippen molar-refractivity contribution in [3.05, 3.63) is 89.2 Å². The topological polar surface area (TPSA) is 9.23 Å². The number of ether oxygens (including phenoxy) is 1. The Hall–Kier alpha value is -2.75. The quantitative estimate of drug-likeness (QED) is 0.349. The Balaban J connectivity index is 1.43. The van der Waals surface area contributed by atoms with E-state index in [-0.39, 0.29) is 22.8 Å². The summed E-state index contributed by atoms with van der Waals surface area (Å²) >= 11 is 0. The Morgan fingerprint density at radius 1 is 0.848 bits per heavy atom. The molecular weight excluding hydrogens is 421 g/mol.